The lowest BCUT2D eigenvalue weighted by Crippen LogP contribution is -2.46. The zero-order valence-electron chi connectivity index (χ0n) is 16.3. The Hall–Kier alpha value is -1.11. The van der Waals surface area contributed by atoms with E-state index in [1.165, 1.54) is 17.7 Å². The van der Waals surface area contributed by atoms with E-state index in [1.54, 1.807) is 11.3 Å². The van der Waals surface area contributed by atoms with Crippen molar-refractivity contribution in [2.24, 2.45) is 11.7 Å². The Morgan fingerprint density at radius 2 is 1.86 bits per heavy atom. The number of nitrogens with two attached hydrogens (primary N) is 1. The van der Waals surface area contributed by atoms with E-state index in [0.29, 0.717) is 13.0 Å². The van der Waals surface area contributed by atoms with Gasteiger partial charge < -0.3 is 11.1 Å². The largest absolute Gasteiger partial charge is 0.353 e. The minimum absolute atomic E-state index is 0. The summed E-state index contributed by atoms with van der Waals surface area (Å²) < 4.78 is 0. The minimum atomic E-state index is -0.511. The molecule has 28 heavy (non-hydrogen) atoms. The van der Waals surface area contributed by atoms with Crippen molar-refractivity contribution in [3.63, 3.8) is 0 Å². The van der Waals surface area contributed by atoms with Gasteiger partial charge in [0.1, 0.15) is 0 Å². The first-order valence-electron chi connectivity index (χ1n) is 9.48. The summed E-state index contributed by atoms with van der Waals surface area (Å²) in [6, 6.07) is 13.9. The van der Waals surface area contributed by atoms with Crippen LogP contribution in [0.15, 0.2) is 47.8 Å². The van der Waals surface area contributed by atoms with E-state index in [2.05, 4.69) is 34.7 Å². The van der Waals surface area contributed by atoms with Gasteiger partial charge in [-0.15, -0.1) is 36.2 Å². The molecule has 1 fully saturated rings. The Bertz CT molecular complexity index is 676. The maximum atomic E-state index is 12.5. The molecule has 156 valence electrons. The second-order valence-electron chi connectivity index (χ2n) is 7.29. The molecule has 0 aliphatic carbocycles. The highest BCUT2D eigenvalue weighted by Crippen LogP contribution is 2.29. The normalized spacial score (nSPS) is 17.1. The molecule has 2 unspecified atom stereocenters. The lowest BCUT2D eigenvalue weighted by molar-refractivity contribution is -0.122. The molecule has 0 bridgehead atoms. The van der Waals surface area contributed by atoms with Crippen LogP contribution in [0.4, 0.5) is 0 Å². The van der Waals surface area contributed by atoms with Gasteiger partial charge >= 0.3 is 0 Å². The van der Waals surface area contributed by atoms with Gasteiger partial charge in [0.15, 0.2) is 0 Å². The third kappa shape index (κ3) is 7.05. The monoisotopic (exact) mass is 443 g/mol. The molecule has 4 nitrogen and oxygen atoms in total. The summed E-state index contributed by atoms with van der Waals surface area (Å²) in [5.41, 5.74) is 7.22. The van der Waals surface area contributed by atoms with Gasteiger partial charge in [0, 0.05) is 11.4 Å². The molecule has 1 aliphatic rings. The van der Waals surface area contributed by atoms with Gasteiger partial charge in [-0.2, -0.15) is 0 Å². The van der Waals surface area contributed by atoms with Gasteiger partial charge in [0.05, 0.1) is 12.1 Å². The summed E-state index contributed by atoms with van der Waals surface area (Å²) in [6.45, 7) is 5.13. The van der Waals surface area contributed by atoms with Gasteiger partial charge in [-0.3, -0.25) is 9.69 Å². The summed E-state index contributed by atoms with van der Waals surface area (Å²) in [4.78, 5) is 16.3. The summed E-state index contributed by atoms with van der Waals surface area (Å²) >= 11 is 1.76. The molecule has 1 aromatic carbocycles. The number of amides is 1. The molecule has 7 heteroatoms. The third-order valence-corrected chi connectivity index (χ3v) is 6.21. The Morgan fingerprint density at radius 3 is 2.46 bits per heavy atom. The van der Waals surface area contributed by atoms with Crippen molar-refractivity contribution in [2.75, 3.05) is 19.6 Å². The predicted octanol–water partition coefficient (Wildman–Crippen LogP) is 4.05. The number of carbonyl (C=O) groups excluding carboxylic acids is 1. The van der Waals surface area contributed by atoms with E-state index >= 15 is 0 Å². The highest BCUT2D eigenvalue weighted by atomic mass is 35.5. The van der Waals surface area contributed by atoms with E-state index in [1.807, 2.05) is 30.3 Å². The van der Waals surface area contributed by atoms with Crippen molar-refractivity contribution in [1.29, 1.82) is 0 Å². The lowest BCUT2D eigenvalue weighted by Gasteiger charge is -2.36. The van der Waals surface area contributed by atoms with Crippen LogP contribution in [0.25, 0.3) is 0 Å². The van der Waals surface area contributed by atoms with Crippen molar-refractivity contribution in [3.05, 3.63) is 58.3 Å². The molecule has 0 saturated carbocycles. The van der Waals surface area contributed by atoms with Gasteiger partial charge in [0.25, 0.3) is 0 Å². The van der Waals surface area contributed by atoms with Crippen molar-refractivity contribution in [1.82, 2.24) is 10.2 Å². The number of rotatable bonds is 7. The fraction of sp³-hybridized carbons (Fsp3) is 0.476. The topological polar surface area (TPSA) is 58.4 Å². The van der Waals surface area contributed by atoms with E-state index in [-0.39, 0.29) is 36.8 Å². The molecule has 2 atom stereocenters. The summed E-state index contributed by atoms with van der Waals surface area (Å²) in [6.07, 6.45) is 3.02. The van der Waals surface area contributed by atoms with Crippen LogP contribution in [0.5, 0.6) is 0 Å². The van der Waals surface area contributed by atoms with Crippen molar-refractivity contribution >= 4 is 42.1 Å². The minimum Gasteiger partial charge on any atom is -0.353 e. The van der Waals surface area contributed by atoms with Crippen LogP contribution in [-0.4, -0.2) is 36.5 Å². The molecule has 0 spiro atoms. The first-order valence-corrected chi connectivity index (χ1v) is 10.4. The average Bonchev–Trinajstić information content (AvgIpc) is 3.18. The zero-order valence-corrected chi connectivity index (χ0v) is 18.7. The number of thiophene rings is 1. The van der Waals surface area contributed by atoms with Gasteiger partial charge in [0.2, 0.25) is 5.91 Å². The van der Waals surface area contributed by atoms with Crippen molar-refractivity contribution < 1.29 is 4.79 Å². The average molecular weight is 444 g/mol. The molecule has 1 saturated heterocycles. The molecule has 0 radical (unpaired) electrons. The quantitative estimate of drug-likeness (QED) is 0.678. The molecular weight excluding hydrogens is 413 g/mol. The smallest absolute Gasteiger partial charge is 0.237 e. The zero-order chi connectivity index (χ0) is 18.4. The van der Waals surface area contributed by atoms with E-state index in [9.17, 15) is 4.79 Å². The fourth-order valence-electron chi connectivity index (χ4n) is 3.52. The fourth-order valence-corrected chi connectivity index (χ4v) is 4.38. The van der Waals surface area contributed by atoms with Crippen LogP contribution >= 0.6 is 36.2 Å². The number of hydrogen-bond acceptors (Lipinski definition) is 4. The molecule has 3 N–H and O–H groups in total. The molecule has 3 rings (SSSR count). The number of benzene rings is 1. The van der Waals surface area contributed by atoms with Crippen LogP contribution in [0.3, 0.4) is 0 Å². The predicted molar refractivity (Wildman–Crippen MR) is 123 cm³/mol. The second kappa shape index (κ2) is 12.5. The molecule has 1 aromatic heterocycles. The summed E-state index contributed by atoms with van der Waals surface area (Å²) in [7, 11) is 0. The number of carbonyl (C=O) groups is 1. The van der Waals surface area contributed by atoms with Crippen LogP contribution in [-0.2, 0) is 11.2 Å². The van der Waals surface area contributed by atoms with Crippen molar-refractivity contribution in [2.45, 2.75) is 38.3 Å². The Morgan fingerprint density at radius 1 is 1.18 bits per heavy atom. The van der Waals surface area contributed by atoms with Gasteiger partial charge in [-0.05, 0) is 55.3 Å². The number of hydrogen-bond donors (Lipinski definition) is 2. The van der Waals surface area contributed by atoms with Crippen LogP contribution in [0.1, 0.15) is 36.2 Å². The Kier molecular flexibility index (Phi) is 11.1. The Labute approximate surface area is 184 Å². The maximum Gasteiger partial charge on any atom is 0.237 e. The molecular formula is C21H31Cl2N3OS. The number of likely N-dealkylation sites (tertiary alicyclic amines) is 1. The first kappa shape index (κ1) is 24.9. The number of nitrogens with one attached hydrogen (secondary N) is 1. The highest BCUT2D eigenvalue weighted by Gasteiger charge is 2.26. The molecule has 2 aromatic rings. The summed E-state index contributed by atoms with van der Waals surface area (Å²) in [5, 5.41) is 5.21. The maximum absolute atomic E-state index is 12.5. The molecule has 1 amide bonds. The van der Waals surface area contributed by atoms with E-state index < -0.39 is 6.04 Å². The van der Waals surface area contributed by atoms with Crippen LogP contribution in [0, 0.1) is 5.92 Å². The number of nitrogens with zero attached hydrogens (tertiary/aromatic N) is 1. The SMILES string of the molecule is CC1CCN(C(CNC(=O)C(N)Cc2ccccc2)c2cccs2)CC1.Cl.Cl. The molecule has 1 aliphatic heterocycles. The van der Waals surface area contributed by atoms with E-state index in [0.717, 1.165) is 24.6 Å². The lowest BCUT2D eigenvalue weighted by atomic mass is 9.97. The second-order valence-corrected chi connectivity index (χ2v) is 8.27. The van der Waals surface area contributed by atoms with Gasteiger partial charge in [-0.25, -0.2) is 0 Å². The van der Waals surface area contributed by atoms with Gasteiger partial charge in [-0.1, -0.05) is 43.3 Å². The van der Waals surface area contributed by atoms with E-state index in [4.69, 9.17) is 5.73 Å². The number of piperidine rings is 1. The van der Waals surface area contributed by atoms with Crippen LogP contribution in [0.2, 0.25) is 0 Å². The summed E-state index contributed by atoms with van der Waals surface area (Å²) in [5.74, 6) is 0.727. The highest BCUT2D eigenvalue weighted by molar-refractivity contribution is 7.10. The Balaban J connectivity index is 0.00000196. The first-order chi connectivity index (χ1) is 12.6. The third-order valence-electron chi connectivity index (χ3n) is 5.24. The number of halogens is 2. The van der Waals surface area contributed by atoms with Crippen LogP contribution < -0.4 is 11.1 Å². The van der Waals surface area contributed by atoms with Crippen molar-refractivity contribution in [3.8, 4) is 0 Å². The molecule has 2 heterocycles. The standard InChI is InChI=1S/C21H29N3OS.2ClH/c1-16-9-11-24(12-10-16)19(20-8-5-13-26-20)15-23-21(25)18(22)14-17-6-3-2-4-7-17;;/h2-8,13,16,18-19H,9-12,14-15,22H2,1H3,(H,23,25);2*1H.